The van der Waals surface area contributed by atoms with E-state index >= 15 is 0 Å². The largest absolute Gasteiger partial charge is 0.497 e. The molecule has 0 radical (unpaired) electrons. The molecule has 1 heterocycles. The van der Waals surface area contributed by atoms with E-state index in [0.717, 1.165) is 18.8 Å². The minimum absolute atomic E-state index is 0.119. The highest BCUT2D eigenvalue weighted by Gasteiger charge is 2.25. The van der Waals surface area contributed by atoms with Crippen molar-refractivity contribution in [1.82, 2.24) is 10.2 Å². The van der Waals surface area contributed by atoms with Gasteiger partial charge in [0.1, 0.15) is 5.75 Å². The second-order valence-corrected chi connectivity index (χ2v) is 6.78. The molecule has 28 heavy (non-hydrogen) atoms. The van der Waals surface area contributed by atoms with Crippen molar-refractivity contribution in [2.45, 2.75) is 18.9 Å². The van der Waals surface area contributed by atoms with Gasteiger partial charge in [-0.3, -0.25) is 9.69 Å². The summed E-state index contributed by atoms with van der Waals surface area (Å²) in [5, 5.41) is 3.08. The molecule has 1 unspecified atom stereocenters. The molecule has 1 saturated heterocycles. The highest BCUT2D eigenvalue weighted by atomic mass is 16.5. The Bertz CT molecular complexity index is 786. The van der Waals surface area contributed by atoms with Crippen molar-refractivity contribution in [2.24, 2.45) is 0 Å². The normalized spacial score (nSPS) is 15.1. The molecule has 1 amide bonds. The second-order valence-electron chi connectivity index (χ2n) is 6.78. The van der Waals surface area contributed by atoms with Crippen LogP contribution in [0, 0.1) is 0 Å². The molecule has 6 heteroatoms. The van der Waals surface area contributed by atoms with Crippen molar-refractivity contribution in [1.29, 1.82) is 0 Å². The summed E-state index contributed by atoms with van der Waals surface area (Å²) in [4.78, 5) is 15.3. The fourth-order valence-electron chi connectivity index (χ4n) is 3.69. The quantitative estimate of drug-likeness (QED) is 0.757. The lowest BCUT2D eigenvalue weighted by molar-refractivity contribution is 0.0934. The van der Waals surface area contributed by atoms with Crippen molar-refractivity contribution in [3.05, 3.63) is 53.6 Å². The van der Waals surface area contributed by atoms with Gasteiger partial charge in [-0.15, -0.1) is 0 Å². The molecule has 1 aliphatic heterocycles. The van der Waals surface area contributed by atoms with E-state index in [2.05, 4.69) is 22.3 Å². The molecule has 3 rings (SSSR count). The van der Waals surface area contributed by atoms with Crippen molar-refractivity contribution in [3.63, 3.8) is 0 Å². The first kappa shape index (κ1) is 20.0. The molecular weight excluding hydrogens is 356 g/mol. The number of hydrogen-bond acceptors (Lipinski definition) is 5. The van der Waals surface area contributed by atoms with Crippen LogP contribution in [0.15, 0.2) is 42.5 Å². The van der Waals surface area contributed by atoms with Crippen LogP contribution < -0.4 is 19.5 Å². The number of ether oxygens (including phenoxy) is 3. The van der Waals surface area contributed by atoms with Crippen LogP contribution >= 0.6 is 0 Å². The zero-order chi connectivity index (χ0) is 19.9. The molecule has 1 N–H and O–H groups in total. The summed E-state index contributed by atoms with van der Waals surface area (Å²) in [7, 11) is 4.76. The molecule has 6 nitrogen and oxygen atoms in total. The monoisotopic (exact) mass is 384 g/mol. The summed E-state index contributed by atoms with van der Waals surface area (Å²) in [5.41, 5.74) is 1.64. The number of para-hydroxylation sites is 1. The predicted octanol–water partition coefficient (Wildman–Crippen LogP) is 3.28. The van der Waals surface area contributed by atoms with Gasteiger partial charge in [0, 0.05) is 6.54 Å². The Balaban J connectivity index is 1.77. The first-order valence-corrected chi connectivity index (χ1v) is 9.55. The fraction of sp³-hybridized carbons (Fsp3) is 0.409. The molecule has 0 aliphatic carbocycles. The number of methoxy groups -OCH3 is 3. The molecule has 0 bridgehead atoms. The van der Waals surface area contributed by atoms with E-state index in [1.165, 1.54) is 18.4 Å². The zero-order valence-corrected chi connectivity index (χ0v) is 16.7. The summed E-state index contributed by atoms with van der Waals surface area (Å²) in [6.07, 6.45) is 2.37. The van der Waals surface area contributed by atoms with Crippen LogP contribution in [0.1, 0.15) is 34.8 Å². The Morgan fingerprint density at radius 3 is 2.32 bits per heavy atom. The summed E-state index contributed by atoms with van der Waals surface area (Å²) in [5.74, 6) is 1.65. The lowest BCUT2D eigenvalue weighted by atomic mass is 10.0. The van der Waals surface area contributed by atoms with E-state index in [9.17, 15) is 4.79 Å². The maximum absolute atomic E-state index is 12.9. The van der Waals surface area contributed by atoms with Crippen LogP contribution in [-0.4, -0.2) is 51.8 Å². The molecule has 1 fully saturated rings. The smallest absolute Gasteiger partial charge is 0.255 e. The average molecular weight is 384 g/mol. The first-order chi connectivity index (χ1) is 13.7. The van der Waals surface area contributed by atoms with E-state index in [4.69, 9.17) is 14.2 Å². The average Bonchev–Trinajstić information content (AvgIpc) is 3.28. The minimum atomic E-state index is -0.173. The highest BCUT2D eigenvalue weighted by Crippen LogP contribution is 2.31. The van der Waals surface area contributed by atoms with E-state index in [1.807, 2.05) is 12.1 Å². The summed E-state index contributed by atoms with van der Waals surface area (Å²) in [6.45, 7) is 2.59. The maximum Gasteiger partial charge on any atom is 0.255 e. The molecule has 1 aliphatic rings. The fourth-order valence-corrected chi connectivity index (χ4v) is 3.69. The van der Waals surface area contributed by atoms with E-state index in [1.54, 1.807) is 39.5 Å². The molecule has 150 valence electrons. The number of rotatable bonds is 8. The molecule has 0 spiro atoms. The lowest BCUT2D eigenvalue weighted by Crippen LogP contribution is -2.36. The second kappa shape index (κ2) is 9.46. The number of nitrogens with one attached hydrogen (secondary N) is 1. The minimum Gasteiger partial charge on any atom is -0.497 e. The number of carbonyl (C=O) groups is 1. The summed E-state index contributed by atoms with van der Waals surface area (Å²) >= 11 is 0. The first-order valence-electron chi connectivity index (χ1n) is 9.55. The number of hydrogen-bond donors (Lipinski definition) is 1. The van der Waals surface area contributed by atoms with Crippen molar-refractivity contribution in [2.75, 3.05) is 41.0 Å². The van der Waals surface area contributed by atoms with Crippen molar-refractivity contribution in [3.8, 4) is 17.2 Å². The predicted molar refractivity (Wildman–Crippen MR) is 108 cm³/mol. The highest BCUT2D eigenvalue weighted by molar-refractivity contribution is 5.97. The van der Waals surface area contributed by atoms with Crippen LogP contribution in [0.25, 0.3) is 0 Å². The molecule has 2 aromatic rings. The van der Waals surface area contributed by atoms with Gasteiger partial charge in [0.25, 0.3) is 5.91 Å². The van der Waals surface area contributed by atoms with Gasteiger partial charge in [-0.1, -0.05) is 18.2 Å². The number of amides is 1. The number of likely N-dealkylation sites (tertiary alicyclic amines) is 1. The van der Waals surface area contributed by atoms with Gasteiger partial charge in [0.05, 0.1) is 32.9 Å². The van der Waals surface area contributed by atoms with Crippen LogP contribution in [0.3, 0.4) is 0 Å². The number of benzene rings is 2. The summed E-state index contributed by atoms with van der Waals surface area (Å²) in [6, 6.07) is 13.5. The van der Waals surface area contributed by atoms with Gasteiger partial charge in [-0.2, -0.15) is 0 Å². The van der Waals surface area contributed by atoms with Gasteiger partial charge in [0.2, 0.25) is 0 Å². The number of nitrogens with zero attached hydrogens (tertiary/aromatic N) is 1. The van der Waals surface area contributed by atoms with Crippen molar-refractivity contribution >= 4 is 5.91 Å². The van der Waals surface area contributed by atoms with Gasteiger partial charge in [0.15, 0.2) is 11.5 Å². The molecule has 1 atom stereocenters. The molecule has 0 saturated carbocycles. The lowest BCUT2D eigenvalue weighted by Gasteiger charge is -2.28. The van der Waals surface area contributed by atoms with E-state index < -0.39 is 0 Å². The Morgan fingerprint density at radius 1 is 1.00 bits per heavy atom. The SMILES string of the molecule is COc1ccc(C(CNC(=O)c2cccc(OC)c2OC)N2CCCC2)cc1. The Hall–Kier alpha value is -2.73. The third kappa shape index (κ3) is 4.39. The maximum atomic E-state index is 12.9. The van der Waals surface area contributed by atoms with E-state index in [0.29, 0.717) is 23.6 Å². The molecule has 0 aromatic heterocycles. The van der Waals surface area contributed by atoms with Crippen LogP contribution in [0.5, 0.6) is 17.2 Å². The number of carbonyl (C=O) groups excluding carboxylic acids is 1. The van der Waals surface area contributed by atoms with Gasteiger partial charge in [-0.25, -0.2) is 0 Å². The Kier molecular flexibility index (Phi) is 6.76. The zero-order valence-electron chi connectivity index (χ0n) is 16.7. The van der Waals surface area contributed by atoms with E-state index in [-0.39, 0.29) is 11.9 Å². The molecular formula is C22H28N2O4. The standard InChI is InChI=1S/C22H28N2O4/c1-26-17-11-9-16(10-12-17)19(24-13-4-5-14-24)15-23-22(25)18-7-6-8-20(27-2)21(18)28-3/h6-12,19H,4-5,13-15H2,1-3H3,(H,23,25). The van der Waals surface area contributed by atoms with Crippen LogP contribution in [-0.2, 0) is 0 Å². The van der Waals surface area contributed by atoms with Crippen LogP contribution in [0.2, 0.25) is 0 Å². The Labute approximate surface area is 166 Å². The Morgan fingerprint density at radius 2 is 1.71 bits per heavy atom. The van der Waals surface area contributed by atoms with Gasteiger partial charge in [-0.05, 0) is 55.8 Å². The summed E-state index contributed by atoms with van der Waals surface area (Å²) < 4.78 is 16.0. The third-order valence-electron chi connectivity index (χ3n) is 5.19. The van der Waals surface area contributed by atoms with Crippen molar-refractivity contribution < 1.29 is 19.0 Å². The van der Waals surface area contributed by atoms with Crippen LogP contribution in [0.4, 0.5) is 0 Å². The molecule has 2 aromatic carbocycles. The van der Waals surface area contributed by atoms with Gasteiger partial charge >= 0.3 is 0 Å². The third-order valence-corrected chi connectivity index (χ3v) is 5.19. The van der Waals surface area contributed by atoms with Gasteiger partial charge < -0.3 is 19.5 Å². The topological polar surface area (TPSA) is 60.0 Å².